The Morgan fingerprint density at radius 2 is 2.11 bits per heavy atom. The number of halogens is 1. The SMILES string of the molecule is CCC(C(C)C)n1c(CCl)nc2cc(C)cnc21. The molecule has 0 radical (unpaired) electrons. The molecule has 0 aliphatic rings. The second kappa shape index (κ2) is 5.27. The first-order chi connectivity index (χ1) is 8.58. The molecule has 1 unspecified atom stereocenters. The van der Waals surface area contributed by atoms with E-state index in [-0.39, 0.29) is 0 Å². The number of hydrogen-bond acceptors (Lipinski definition) is 2. The summed E-state index contributed by atoms with van der Waals surface area (Å²) in [4.78, 5) is 9.15. The number of aromatic nitrogens is 3. The van der Waals surface area contributed by atoms with Crippen LogP contribution in [0.2, 0.25) is 0 Å². The monoisotopic (exact) mass is 265 g/mol. The molecule has 0 spiro atoms. The summed E-state index contributed by atoms with van der Waals surface area (Å²) < 4.78 is 2.21. The molecule has 4 heteroatoms. The van der Waals surface area contributed by atoms with Gasteiger partial charge >= 0.3 is 0 Å². The van der Waals surface area contributed by atoms with E-state index in [2.05, 4.69) is 41.4 Å². The van der Waals surface area contributed by atoms with Crippen molar-refractivity contribution in [3.8, 4) is 0 Å². The molecular weight excluding hydrogens is 246 g/mol. The molecule has 0 saturated carbocycles. The molecule has 0 fully saturated rings. The van der Waals surface area contributed by atoms with Crippen molar-refractivity contribution < 1.29 is 0 Å². The first-order valence-electron chi connectivity index (χ1n) is 6.47. The van der Waals surface area contributed by atoms with Crippen molar-refractivity contribution in [2.24, 2.45) is 5.92 Å². The molecule has 0 aromatic carbocycles. The van der Waals surface area contributed by atoms with Crippen LogP contribution in [-0.2, 0) is 5.88 Å². The van der Waals surface area contributed by atoms with E-state index in [4.69, 9.17) is 11.6 Å². The van der Waals surface area contributed by atoms with E-state index in [1.165, 1.54) is 0 Å². The Hall–Kier alpha value is -1.09. The quantitative estimate of drug-likeness (QED) is 0.780. The lowest BCUT2D eigenvalue weighted by atomic mass is 10.0. The van der Waals surface area contributed by atoms with Crippen LogP contribution in [0, 0.1) is 12.8 Å². The van der Waals surface area contributed by atoms with Crippen LogP contribution in [0.5, 0.6) is 0 Å². The van der Waals surface area contributed by atoms with Crippen LogP contribution in [0.1, 0.15) is 44.6 Å². The van der Waals surface area contributed by atoms with E-state index in [0.29, 0.717) is 17.8 Å². The Balaban J connectivity index is 2.66. The van der Waals surface area contributed by atoms with E-state index in [0.717, 1.165) is 29.0 Å². The minimum absolute atomic E-state index is 0.402. The summed E-state index contributed by atoms with van der Waals surface area (Å²) in [5.41, 5.74) is 3.03. The van der Waals surface area contributed by atoms with Crippen molar-refractivity contribution in [1.29, 1.82) is 0 Å². The molecule has 0 bridgehead atoms. The second-order valence-electron chi connectivity index (χ2n) is 5.11. The molecule has 0 saturated heterocycles. The molecule has 0 aliphatic heterocycles. The Morgan fingerprint density at radius 1 is 1.39 bits per heavy atom. The zero-order chi connectivity index (χ0) is 13.3. The standard InChI is InChI=1S/C14H20ClN3/c1-5-12(9(2)3)18-13(7-15)17-11-6-10(4)8-16-14(11)18/h6,8-9,12H,5,7H2,1-4H3. The second-order valence-corrected chi connectivity index (χ2v) is 5.37. The van der Waals surface area contributed by atoms with Gasteiger partial charge in [-0.2, -0.15) is 0 Å². The summed E-state index contributed by atoms with van der Waals surface area (Å²) in [6.07, 6.45) is 2.95. The van der Waals surface area contributed by atoms with Crippen molar-refractivity contribution in [1.82, 2.24) is 14.5 Å². The van der Waals surface area contributed by atoms with Crippen LogP contribution < -0.4 is 0 Å². The molecule has 2 rings (SSSR count). The predicted molar refractivity (Wildman–Crippen MR) is 76.0 cm³/mol. The number of hydrogen-bond donors (Lipinski definition) is 0. The smallest absolute Gasteiger partial charge is 0.160 e. The molecule has 98 valence electrons. The molecule has 2 aromatic heterocycles. The molecule has 2 aromatic rings. The van der Waals surface area contributed by atoms with Gasteiger partial charge in [0.2, 0.25) is 0 Å². The summed E-state index contributed by atoms with van der Waals surface area (Å²) in [5, 5.41) is 0. The van der Waals surface area contributed by atoms with Gasteiger partial charge in [-0.1, -0.05) is 20.8 Å². The van der Waals surface area contributed by atoms with Crippen molar-refractivity contribution in [2.45, 2.75) is 46.0 Å². The van der Waals surface area contributed by atoms with Crippen LogP contribution in [0.15, 0.2) is 12.3 Å². The van der Waals surface area contributed by atoms with E-state index in [9.17, 15) is 0 Å². The van der Waals surface area contributed by atoms with E-state index in [1.807, 2.05) is 13.1 Å². The van der Waals surface area contributed by atoms with Crippen molar-refractivity contribution in [2.75, 3.05) is 0 Å². The number of pyridine rings is 1. The van der Waals surface area contributed by atoms with E-state index in [1.54, 1.807) is 0 Å². The minimum atomic E-state index is 0.402. The molecular formula is C14H20ClN3. The van der Waals surface area contributed by atoms with Gasteiger partial charge < -0.3 is 4.57 Å². The fraction of sp³-hybridized carbons (Fsp3) is 0.571. The molecule has 0 N–H and O–H groups in total. The zero-order valence-corrected chi connectivity index (χ0v) is 12.2. The number of rotatable bonds is 4. The van der Waals surface area contributed by atoms with Gasteiger partial charge in [0.15, 0.2) is 5.65 Å². The van der Waals surface area contributed by atoms with E-state index >= 15 is 0 Å². The third-order valence-electron chi connectivity index (χ3n) is 3.38. The Bertz CT molecular complexity index is 545. The van der Waals surface area contributed by atoms with Crippen LogP contribution in [-0.4, -0.2) is 14.5 Å². The summed E-state index contributed by atoms with van der Waals surface area (Å²) in [6, 6.07) is 2.47. The fourth-order valence-electron chi connectivity index (χ4n) is 2.52. The van der Waals surface area contributed by atoms with Crippen LogP contribution in [0.25, 0.3) is 11.2 Å². The lowest BCUT2D eigenvalue weighted by Crippen LogP contribution is -2.17. The molecule has 2 heterocycles. The zero-order valence-electron chi connectivity index (χ0n) is 11.4. The predicted octanol–water partition coefficient (Wildman–Crippen LogP) is 4.09. The third kappa shape index (κ3) is 2.24. The first kappa shape index (κ1) is 13.3. The highest BCUT2D eigenvalue weighted by Crippen LogP contribution is 2.28. The van der Waals surface area contributed by atoms with Gasteiger partial charge in [-0.3, -0.25) is 0 Å². The van der Waals surface area contributed by atoms with Gasteiger partial charge in [-0.25, -0.2) is 9.97 Å². The van der Waals surface area contributed by atoms with Crippen LogP contribution in [0.3, 0.4) is 0 Å². The maximum atomic E-state index is 6.04. The largest absolute Gasteiger partial charge is 0.308 e. The maximum absolute atomic E-state index is 6.04. The highest BCUT2D eigenvalue weighted by molar-refractivity contribution is 6.16. The Morgan fingerprint density at radius 3 is 2.67 bits per heavy atom. The summed E-state index contributed by atoms with van der Waals surface area (Å²) in [5.74, 6) is 1.89. The maximum Gasteiger partial charge on any atom is 0.160 e. The summed E-state index contributed by atoms with van der Waals surface area (Å²) in [6.45, 7) is 8.69. The Labute approximate surface area is 113 Å². The van der Waals surface area contributed by atoms with Gasteiger partial charge in [0, 0.05) is 12.2 Å². The molecule has 0 aliphatic carbocycles. The highest BCUT2D eigenvalue weighted by atomic mass is 35.5. The van der Waals surface area contributed by atoms with Gasteiger partial charge in [-0.05, 0) is 30.9 Å². The van der Waals surface area contributed by atoms with Crippen LogP contribution in [0.4, 0.5) is 0 Å². The molecule has 3 nitrogen and oxygen atoms in total. The average Bonchev–Trinajstić information content (AvgIpc) is 2.67. The molecule has 18 heavy (non-hydrogen) atoms. The van der Waals surface area contributed by atoms with Gasteiger partial charge in [0.25, 0.3) is 0 Å². The Kier molecular flexibility index (Phi) is 3.91. The van der Waals surface area contributed by atoms with Crippen molar-refractivity contribution in [3.05, 3.63) is 23.7 Å². The van der Waals surface area contributed by atoms with Crippen molar-refractivity contribution in [3.63, 3.8) is 0 Å². The minimum Gasteiger partial charge on any atom is -0.308 e. The molecule has 0 amide bonds. The number of fused-ring (bicyclic) bond motifs is 1. The number of aryl methyl sites for hydroxylation is 1. The number of imidazole rings is 1. The number of alkyl halides is 1. The highest BCUT2D eigenvalue weighted by Gasteiger charge is 2.20. The van der Waals surface area contributed by atoms with Gasteiger partial charge in [0.1, 0.15) is 11.3 Å². The average molecular weight is 266 g/mol. The lowest BCUT2D eigenvalue weighted by Gasteiger charge is -2.23. The normalized spacial score (nSPS) is 13.4. The summed E-state index contributed by atoms with van der Waals surface area (Å²) in [7, 11) is 0. The summed E-state index contributed by atoms with van der Waals surface area (Å²) >= 11 is 6.04. The third-order valence-corrected chi connectivity index (χ3v) is 3.62. The first-order valence-corrected chi connectivity index (χ1v) is 7.01. The molecule has 1 atom stereocenters. The van der Waals surface area contributed by atoms with E-state index < -0.39 is 0 Å². The van der Waals surface area contributed by atoms with Gasteiger partial charge in [-0.15, -0.1) is 11.6 Å². The van der Waals surface area contributed by atoms with Crippen LogP contribution >= 0.6 is 11.6 Å². The number of nitrogens with zero attached hydrogens (tertiary/aromatic N) is 3. The van der Waals surface area contributed by atoms with Crippen molar-refractivity contribution >= 4 is 22.8 Å². The topological polar surface area (TPSA) is 30.7 Å². The lowest BCUT2D eigenvalue weighted by molar-refractivity contribution is 0.365. The fourth-order valence-corrected chi connectivity index (χ4v) is 2.71. The van der Waals surface area contributed by atoms with Gasteiger partial charge in [0.05, 0.1) is 5.88 Å².